The molecule has 0 atom stereocenters. The van der Waals surface area contributed by atoms with E-state index in [1.165, 1.54) is 6.20 Å². The fourth-order valence-electron chi connectivity index (χ4n) is 2.86. The Kier molecular flexibility index (Phi) is 5.24. The minimum atomic E-state index is -0.323. The number of hydrogen-bond acceptors (Lipinski definition) is 4. The number of carbonyl (C=O) groups is 1. The van der Waals surface area contributed by atoms with Gasteiger partial charge in [0.05, 0.1) is 16.6 Å². The van der Waals surface area contributed by atoms with Crippen molar-refractivity contribution in [3.63, 3.8) is 0 Å². The average molecular weight is 422 g/mol. The van der Waals surface area contributed by atoms with Crippen molar-refractivity contribution in [2.75, 3.05) is 5.32 Å². The lowest BCUT2D eigenvalue weighted by Crippen LogP contribution is -2.34. The SMILES string of the molecule is Cc1cc2[nH]c(-c3cccc(NC(=S)NC(=O)c4cccnc4)c3)nc2cc1Cl. The van der Waals surface area contributed by atoms with Gasteiger partial charge < -0.3 is 10.3 Å². The zero-order valence-electron chi connectivity index (χ0n) is 15.4. The molecule has 2 aromatic carbocycles. The van der Waals surface area contributed by atoms with E-state index in [2.05, 4.69) is 25.6 Å². The number of anilines is 1. The van der Waals surface area contributed by atoms with E-state index in [4.69, 9.17) is 23.8 Å². The van der Waals surface area contributed by atoms with Crippen LogP contribution in [0.1, 0.15) is 15.9 Å². The molecule has 0 saturated heterocycles. The van der Waals surface area contributed by atoms with Crippen LogP contribution in [0.4, 0.5) is 5.69 Å². The van der Waals surface area contributed by atoms with Crippen LogP contribution in [0.25, 0.3) is 22.4 Å². The molecule has 1 amide bonds. The molecule has 0 aliphatic carbocycles. The Labute approximate surface area is 177 Å². The summed E-state index contributed by atoms with van der Waals surface area (Å²) in [5.74, 6) is 0.395. The first-order valence-electron chi connectivity index (χ1n) is 8.78. The summed E-state index contributed by atoms with van der Waals surface area (Å²) in [5.41, 5.74) is 4.74. The largest absolute Gasteiger partial charge is 0.338 e. The van der Waals surface area contributed by atoms with E-state index in [1.807, 2.05) is 43.3 Å². The first kappa shape index (κ1) is 19.0. The number of imidazole rings is 1. The van der Waals surface area contributed by atoms with Crippen LogP contribution in [0.5, 0.6) is 0 Å². The van der Waals surface area contributed by atoms with E-state index in [9.17, 15) is 4.79 Å². The summed E-state index contributed by atoms with van der Waals surface area (Å²) >= 11 is 11.4. The number of carbonyl (C=O) groups excluding carboxylic acids is 1. The molecule has 0 aliphatic heterocycles. The quantitative estimate of drug-likeness (QED) is 0.417. The first-order chi connectivity index (χ1) is 14.0. The van der Waals surface area contributed by atoms with Crippen LogP contribution in [-0.4, -0.2) is 26.0 Å². The van der Waals surface area contributed by atoms with Crippen molar-refractivity contribution in [1.29, 1.82) is 0 Å². The fraction of sp³-hybridized carbons (Fsp3) is 0.0476. The summed E-state index contributed by atoms with van der Waals surface area (Å²) in [6, 6.07) is 14.8. The molecule has 2 heterocycles. The Balaban J connectivity index is 1.51. The second-order valence-corrected chi connectivity index (χ2v) is 7.25. The van der Waals surface area contributed by atoms with Crippen molar-refractivity contribution in [2.45, 2.75) is 6.92 Å². The highest BCUT2D eigenvalue weighted by molar-refractivity contribution is 7.80. The maximum Gasteiger partial charge on any atom is 0.258 e. The average Bonchev–Trinajstić information content (AvgIpc) is 3.12. The Morgan fingerprint density at radius 3 is 2.83 bits per heavy atom. The molecule has 0 unspecified atom stereocenters. The van der Waals surface area contributed by atoms with Crippen LogP contribution < -0.4 is 10.6 Å². The minimum absolute atomic E-state index is 0.197. The van der Waals surface area contributed by atoms with E-state index in [-0.39, 0.29) is 11.0 Å². The van der Waals surface area contributed by atoms with Crippen LogP contribution in [0.2, 0.25) is 5.02 Å². The van der Waals surface area contributed by atoms with Gasteiger partial charge in [0.25, 0.3) is 5.91 Å². The third-order valence-electron chi connectivity index (χ3n) is 4.31. The number of aromatic nitrogens is 3. The van der Waals surface area contributed by atoms with Gasteiger partial charge in [0.1, 0.15) is 5.82 Å². The van der Waals surface area contributed by atoms with Crippen LogP contribution >= 0.6 is 23.8 Å². The lowest BCUT2D eigenvalue weighted by atomic mass is 10.2. The van der Waals surface area contributed by atoms with Crippen molar-refractivity contribution in [3.05, 3.63) is 77.1 Å². The molecule has 0 spiro atoms. The smallest absolute Gasteiger partial charge is 0.258 e. The Bertz CT molecular complexity index is 1180. The van der Waals surface area contributed by atoms with Gasteiger partial charge in [0.2, 0.25) is 0 Å². The second-order valence-electron chi connectivity index (χ2n) is 6.43. The minimum Gasteiger partial charge on any atom is -0.338 e. The van der Waals surface area contributed by atoms with Crippen LogP contribution in [-0.2, 0) is 0 Å². The van der Waals surface area contributed by atoms with Crippen molar-refractivity contribution >= 4 is 51.6 Å². The number of benzene rings is 2. The molecular weight excluding hydrogens is 406 g/mol. The predicted octanol–water partition coefficient (Wildman–Crippen LogP) is 4.71. The molecular formula is C21H16ClN5OS. The lowest BCUT2D eigenvalue weighted by Gasteiger charge is -2.10. The molecule has 6 nitrogen and oxygen atoms in total. The van der Waals surface area contributed by atoms with Crippen LogP contribution in [0.3, 0.4) is 0 Å². The normalized spacial score (nSPS) is 10.7. The van der Waals surface area contributed by atoms with E-state index in [1.54, 1.807) is 18.3 Å². The molecule has 4 aromatic rings. The van der Waals surface area contributed by atoms with Gasteiger partial charge in [-0.15, -0.1) is 0 Å². The summed E-state index contributed by atoms with van der Waals surface area (Å²) in [5, 5.41) is 6.54. The van der Waals surface area contributed by atoms with Crippen LogP contribution in [0, 0.1) is 6.92 Å². The zero-order valence-corrected chi connectivity index (χ0v) is 16.9. The molecule has 0 saturated carbocycles. The highest BCUT2D eigenvalue weighted by Crippen LogP contribution is 2.26. The number of aryl methyl sites for hydroxylation is 1. The molecule has 29 heavy (non-hydrogen) atoms. The van der Waals surface area contributed by atoms with E-state index in [0.29, 0.717) is 10.6 Å². The van der Waals surface area contributed by atoms with Gasteiger partial charge in [-0.25, -0.2) is 4.98 Å². The van der Waals surface area contributed by atoms with Crippen LogP contribution in [0.15, 0.2) is 60.9 Å². The number of aromatic amines is 1. The summed E-state index contributed by atoms with van der Waals surface area (Å²) in [6.45, 7) is 1.95. The van der Waals surface area contributed by atoms with Crippen molar-refractivity contribution in [1.82, 2.24) is 20.3 Å². The molecule has 0 fully saturated rings. The molecule has 144 valence electrons. The Hall–Kier alpha value is -3.29. The van der Waals surface area contributed by atoms with E-state index < -0.39 is 0 Å². The number of H-pyrrole nitrogens is 1. The highest BCUT2D eigenvalue weighted by Gasteiger charge is 2.10. The second kappa shape index (κ2) is 7.98. The number of amides is 1. The van der Waals surface area contributed by atoms with Gasteiger partial charge in [-0.3, -0.25) is 15.1 Å². The number of halogens is 1. The topological polar surface area (TPSA) is 82.7 Å². The highest BCUT2D eigenvalue weighted by atomic mass is 35.5. The number of hydrogen-bond donors (Lipinski definition) is 3. The fourth-order valence-corrected chi connectivity index (χ4v) is 3.22. The summed E-state index contributed by atoms with van der Waals surface area (Å²) in [6.07, 6.45) is 3.08. The predicted molar refractivity (Wildman–Crippen MR) is 119 cm³/mol. The van der Waals surface area contributed by atoms with E-state index >= 15 is 0 Å². The van der Waals surface area contributed by atoms with Crippen molar-refractivity contribution < 1.29 is 4.79 Å². The zero-order chi connectivity index (χ0) is 20.4. The summed E-state index contributed by atoms with van der Waals surface area (Å²) in [4.78, 5) is 24.0. The molecule has 0 bridgehead atoms. The van der Waals surface area contributed by atoms with Gasteiger partial charge in [-0.1, -0.05) is 23.7 Å². The summed E-state index contributed by atoms with van der Waals surface area (Å²) < 4.78 is 0. The monoisotopic (exact) mass is 421 g/mol. The van der Waals surface area contributed by atoms with E-state index in [0.717, 1.165) is 33.7 Å². The van der Waals surface area contributed by atoms with Crippen molar-refractivity contribution in [2.24, 2.45) is 0 Å². The maximum atomic E-state index is 12.2. The lowest BCUT2D eigenvalue weighted by molar-refractivity contribution is 0.0977. The third-order valence-corrected chi connectivity index (χ3v) is 4.92. The van der Waals surface area contributed by atoms with Gasteiger partial charge >= 0.3 is 0 Å². The number of thiocarbonyl (C=S) groups is 1. The number of nitrogens with one attached hydrogen (secondary N) is 3. The molecule has 8 heteroatoms. The number of nitrogens with zero attached hydrogens (tertiary/aromatic N) is 2. The van der Waals surface area contributed by atoms with Crippen molar-refractivity contribution in [3.8, 4) is 11.4 Å². The van der Waals surface area contributed by atoms with Gasteiger partial charge in [0, 0.05) is 28.7 Å². The molecule has 4 rings (SSSR count). The summed E-state index contributed by atoms with van der Waals surface area (Å²) in [7, 11) is 0. The van der Waals surface area contributed by atoms with Gasteiger partial charge in [-0.2, -0.15) is 0 Å². The standard InChI is InChI=1S/C21H16ClN5OS/c1-12-8-17-18(10-16(12)22)26-19(25-17)13-4-2-6-15(9-13)24-21(29)27-20(28)14-5-3-7-23-11-14/h2-11H,1H3,(H,25,26)(H2,24,27,28,29). The number of rotatable bonds is 3. The molecule has 0 radical (unpaired) electrons. The Morgan fingerprint density at radius 1 is 1.17 bits per heavy atom. The Morgan fingerprint density at radius 2 is 2.03 bits per heavy atom. The number of fused-ring (bicyclic) bond motifs is 1. The van der Waals surface area contributed by atoms with Gasteiger partial charge in [-0.05, 0) is 61.1 Å². The first-order valence-corrected chi connectivity index (χ1v) is 9.57. The number of pyridine rings is 1. The molecule has 0 aliphatic rings. The molecule has 3 N–H and O–H groups in total. The van der Waals surface area contributed by atoms with Gasteiger partial charge in [0.15, 0.2) is 5.11 Å². The molecule has 2 aromatic heterocycles. The third kappa shape index (κ3) is 4.26. The maximum absolute atomic E-state index is 12.2.